The van der Waals surface area contributed by atoms with Crippen LogP contribution in [0.15, 0.2) is 12.1 Å². The first kappa shape index (κ1) is 16.2. The molecular formula is C19H31NO. The maximum Gasteiger partial charge on any atom is 0.126 e. The second-order valence-electron chi connectivity index (χ2n) is 6.94. The first-order chi connectivity index (χ1) is 10.0. The van der Waals surface area contributed by atoms with Crippen molar-refractivity contribution in [2.75, 3.05) is 12.4 Å². The minimum Gasteiger partial charge on any atom is -0.496 e. The van der Waals surface area contributed by atoms with Gasteiger partial charge in [-0.3, -0.25) is 0 Å². The first-order valence-electron chi connectivity index (χ1n) is 8.43. The van der Waals surface area contributed by atoms with Crippen molar-refractivity contribution < 1.29 is 4.74 Å². The van der Waals surface area contributed by atoms with Gasteiger partial charge < -0.3 is 10.1 Å². The molecule has 0 heterocycles. The van der Waals surface area contributed by atoms with E-state index in [1.807, 2.05) is 0 Å². The lowest BCUT2D eigenvalue weighted by Gasteiger charge is -2.22. The van der Waals surface area contributed by atoms with E-state index >= 15 is 0 Å². The van der Waals surface area contributed by atoms with Crippen molar-refractivity contribution in [2.24, 2.45) is 11.8 Å². The summed E-state index contributed by atoms with van der Waals surface area (Å²) in [5.74, 6) is 2.75. The van der Waals surface area contributed by atoms with Gasteiger partial charge in [-0.05, 0) is 56.6 Å². The number of ether oxygens (including phenoxy) is 1. The van der Waals surface area contributed by atoms with Crippen LogP contribution in [0.25, 0.3) is 0 Å². The second kappa shape index (κ2) is 7.20. The average Bonchev–Trinajstić information content (AvgIpc) is 2.68. The van der Waals surface area contributed by atoms with Gasteiger partial charge in [0.1, 0.15) is 5.75 Å². The number of rotatable bonds is 4. The lowest BCUT2D eigenvalue weighted by Crippen LogP contribution is -2.19. The Kier molecular flexibility index (Phi) is 5.55. The second-order valence-corrected chi connectivity index (χ2v) is 6.94. The fraction of sp³-hybridized carbons (Fsp3) is 0.684. The number of hydrogen-bond acceptors (Lipinski definition) is 2. The molecule has 0 spiro atoms. The number of nitrogens with one attached hydrogen (secondary N) is 1. The van der Waals surface area contributed by atoms with E-state index < -0.39 is 0 Å². The Morgan fingerprint density at radius 2 is 1.86 bits per heavy atom. The van der Waals surface area contributed by atoms with Crippen molar-refractivity contribution in [2.45, 2.75) is 65.8 Å². The van der Waals surface area contributed by atoms with Crippen LogP contribution in [0.4, 0.5) is 5.69 Å². The van der Waals surface area contributed by atoms with Gasteiger partial charge in [0.25, 0.3) is 0 Å². The van der Waals surface area contributed by atoms with E-state index in [1.165, 1.54) is 48.9 Å². The summed E-state index contributed by atoms with van der Waals surface area (Å²) < 4.78 is 5.54. The highest BCUT2D eigenvalue weighted by atomic mass is 16.5. The Labute approximate surface area is 130 Å². The Balaban J connectivity index is 2.05. The van der Waals surface area contributed by atoms with Gasteiger partial charge in [-0.25, -0.2) is 0 Å². The van der Waals surface area contributed by atoms with Crippen LogP contribution < -0.4 is 10.1 Å². The number of methoxy groups -OCH3 is 1. The third-order valence-electron chi connectivity index (χ3n) is 5.12. The van der Waals surface area contributed by atoms with E-state index in [1.54, 1.807) is 7.11 Å². The molecule has 21 heavy (non-hydrogen) atoms. The molecule has 2 atom stereocenters. The van der Waals surface area contributed by atoms with Gasteiger partial charge in [0, 0.05) is 17.3 Å². The number of aryl methyl sites for hydroxylation is 1. The summed E-state index contributed by atoms with van der Waals surface area (Å²) in [6.45, 7) is 9.00. The Hall–Kier alpha value is -1.18. The number of anilines is 1. The number of hydrogen-bond donors (Lipinski definition) is 1. The van der Waals surface area contributed by atoms with Crippen molar-refractivity contribution in [1.82, 2.24) is 0 Å². The smallest absolute Gasteiger partial charge is 0.126 e. The molecule has 2 rings (SSSR count). The first-order valence-corrected chi connectivity index (χ1v) is 8.43. The lowest BCUT2D eigenvalue weighted by atomic mass is 9.89. The van der Waals surface area contributed by atoms with E-state index in [-0.39, 0.29) is 0 Å². The maximum atomic E-state index is 5.54. The zero-order chi connectivity index (χ0) is 15.4. The Bertz CT molecular complexity index is 467. The van der Waals surface area contributed by atoms with Crippen LogP contribution in [0, 0.1) is 25.7 Å². The molecule has 1 fully saturated rings. The highest BCUT2D eigenvalue weighted by Gasteiger charge is 2.21. The van der Waals surface area contributed by atoms with Gasteiger partial charge in [0.05, 0.1) is 7.11 Å². The molecule has 0 aliphatic heterocycles. The Morgan fingerprint density at radius 1 is 1.10 bits per heavy atom. The van der Waals surface area contributed by atoms with E-state index in [4.69, 9.17) is 4.74 Å². The highest BCUT2D eigenvalue weighted by molar-refractivity contribution is 5.60. The van der Waals surface area contributed by atoms with Crippen LogP contribution in [0.5, 0.6) is 5.75 Å². The minimum atomic E-state index is 0.611. The third-order valence-corrected chi connectivity index (χ3v) is 5.12. The lowest BCUT2D eigenvalue weighted by molar-refractivity contribution is 0.341. The molecule has 1 saturated carbocycles. The van der Waals surface area contributed by atoms with E-state index in [2.05, 4.69) is 45.1 Å². The molecule has 2 unspecified atom stereocenters. The molecular weight excluding hydrogens is 258 g/mol. The van der Waals surface area contributed by atoms with Gasteiger partial charge in [-0.15, -0.1) is 0 Å². The molecule has 1 aromatic rings. The van der Waals surface area contributed by atoms with Crippen LogP contribution in [0.2, 0.25) is 0 Å². The van der Waals surface area contributed by atoms with Gasteiger partial charge in [-0.2, -0.15) is 0 Å². The van der Waals surface area contributed by atoms with Gasteiger partial charge in [-0.1, -0.05) is 32.8 Å². The summed E-state index contributed by atoms with van der Waals surface area (Å²) in [6, 6.07) is 4.97. The molecule has 2 nitrogen and oxygen atoms in total. The summed E-state index contributed by atoms with van der Waals surface area (Å²) >= 11 is 0. The van der Waals surface area contributed by atoms with Crippen LogP contribution in [0.3, 0.4) is 0 Å². The molecule has 0 amide bonds. The van der Waals surface area contributed by atoms with Crippen molar-refractivity contribution in [1.29, 1.82) is 0 Å². The van der Waals surface area contributed by atoms with Crippen LogP contribution >= 0.6 is 0 Å². The van der Waals surface area contributed by atoms with Crippen molar-refractivity contribution in [3.8, 4) is 5.75 Å². The van der Waals surface area contributed by atoms with Gasteiger partial charge in [0.2, 0.25) is 0 Å². The molecule has 0 radical (unpaired) electrons. The van der Waals surface area contributed by atoms with E-state index in [9.17, 15) is 0 Å². The predicted octanol–water partition coefficient (Wildman–Crippen LogP) is 5.33. The minimum absolute atomic E-state index is 0.611. The normalized spacial score (nSPS) is 23.0. The molecule has 1 aliphatic carbocycles. The Morgan fingerprint density at radius 3 is 2.52 bits per heavy atom. The molecule has 0 saturated heterocycles. The molecule has 0 aromatic heterocycles. The molecule has 1 aliphatic rings. The molecule has 0 bridgehead atoms. The summed E-state index contributed by atoms with van der Waals surface area (Å²) in [5.41, 5.74) is 3.69. The average molecular weight is 289 g/mol. The molecule has 1 aromatic carbocycles. The van der Waals surface area contributed by atoms with Crippen LogP contribution in [0.1, 0.15) is 57.1 Å². The van der Waals surface area contributed by atoms with Crippen molar-refractivity contribution in [3.63, 3.8) is 0 Å². The quantitative estimate of drug-likeness (QED) is 0.756. The molecule has 2 heteroatoms. The summed E-state index contributed by atoms with van der Waals surface area (Å²) in [6.07, 6.45) is 6.68. The molecule has 118 valence electrons. The summed E-state index contributed by atoms with van der Waals surface area (Å²) in [5, 5.41) is 3.77. The maximum absolute atomic E-state index is 5.54. The van der Waals surface area contributed by atoms with Crippen molar-refractivity contribution >= 4 is 5.69 Å². The summed E-state index contributed by atoms with van der Waals surface area (Å²) in [4.78, 5) is 0. The van der Waals surface area contributed by atoms with E-state index in [0.29, 0.717) is 6.04 Å². The fourth-order valence-corrected chi connectivity index (χ4v) is 3.66. The SMILES string of the molecule is COc1c(C)ccc(NC2CCCC(C(C)C)CC2)c1C. The van der Waals surface area contributed by atoms with Gasteiger partial charge in [0.15, 0.2) is 0 Å². The topological polar surface area (TPSA) is 21.3 Å². The molecule has 1 N–H and O–H groups in total. The van der Waals surface area contributed by atoms with Gasteiger partial charge >= 0.3 is 0 Å². The highest BCUT2D eigenvalue weighted by Crippen LogP contribution is 2.33. The number of benzene rings is 1. The predicted molar refractivity (Wildman–Crippen MR) is 91.3 cm³/mol. The summed E-state index contributed by atoms with van der Waals surface area (Å²) in [7, 11) is 1.76. The standard InChI is InChI=1S/C19H31NO/c1-13(2)16-7-6-8-17(11-10-16)20-18-12-9-14(3)19(21-5)15(18)4/h9,12-13,16-17,20H,6-8,10-11H2,1-5H3. The van der Waals surface area contributed by atoms with Crippen LogP contribution in [-0.4, -0.2) is 13.2 Å². The zero-order valence-corrected chi connectivity index (χ0v) is 14.3. The largest absolute Gasteiger partial charge is 0.496 e. The zero-order valence-electron chi connectivity index (χ0n) is 14.3. The van der Waals surface area contributed by atoms with Crippen molar-refractivity contribution in [3.05, 3.63) is 23.3 Å². The van der Waals surface area contributed by atoms with E-state index in [0.717, 1.165) is 17.6 Å². The third kappa shape index (κ3) is 3.93. The van der Waals surface area contributed by atoms with Crippen LogP contribution in [-0.2, 0) is 0 Å². The monoisotopic (exact) mass is 289 g/mol. The fourth-order valence-electron chi connectivity index (χ4n) is 3.66.